The van der Waals surface area contributed by atoms with Gasteiger partial charge in [0.05, 0.1) is 0 Å². The van der Waals surface area contributed by atoms with E-state index < -0.39 is 0 Å². The van der Waals surface area contributed by atoms with Crippen LogP contribution in [0.15, 0.2) is 0 Å². The van der Waals surface area contributed by atoms with Crippen molar-refractivity contribution >= 4 is 6.71 Å². The van der Waals surface area contributed by atoms with Gasteiger partial charge in [0.25, 0.3) is 0 Å². The lowest BCUT2D eigenvalue weighted by Crippen LogP contribution is -2.78. The summed E-state index contributed by atoms with van der Waals surface area (Å²) in [5, 5.41) is 0. The molecule has 3 nitrogen and oxygen atoms in total. The summed E-state index contributed by atoms with van der Waals surface area (Å²) in [6.07, 6.45) is 119. The predicted molar refractivity (Wildman–Crippen MR) is 510 cm³/mol. The van der Waals surface area contributed by atoms with Crippen LogP contribution < -0.4 is 0 Å². The van der Waals surface area contributed by atoms with Gasteiger partial charge in [-0.15, -0.1) is 0 Å². The summed E-state index contributed by atoms with van der Waals surface area (Å²) in [5.41, 5.74) is 0. The van der Waals surface area contributed by atoms with Crippen molar-refractivity contribution in [3.8, 4) is 0 Å². The van der Waals surface area contributed by atoms with E-state index in [-0.39, 0.29) is 0 Å². The molecule has 0 aromatic rings. The van der Waals surface area contributed by atoms with E-state index in [0.29, 0.717) is 0 Å². The minimum atomic E-state index is 0.801. The first kappa shape index (κ1) is 83.7. The third-order valence-electron chi connectivity index (χ3n) is 50.4. The van der Waals surface area contributed by atoms with Crippen molar-refractivity contribution in [3.05, 3.63) is 0 Å². The van der Waals surface area contributed by atoms with Gasteiger partial charge in [0.2, 0.25) is 0 Å². The smallest absolute Gasteiger partial charge is 0.156 e. The zero-order chi connectivity index (χ0) is 80.0. The minimum Gasteiger partial charge on any atom is -0.295 e. The topological polar surface area (TPSA) is 9.72 Å². The summed E-state index contributed by atoms with van der Waals surface area (Å²) in [6, 6.07) is 7.68. The fourth-order valence-electron chi connectivity index (χ4n) is 47.1. The highest BCUT2D eigenvalue weighted by Gasteiger charge is 2.71. The molecular weight excluding hydrogens is 1470 g/mol. The SMILES string of the molecule is C1CCC(C2CCC(N(C3CCC(C4CCCCC4)CC3)C3CC4C5B(C6CC(C7CCC8CCCC9C%10CCCC%11CCCC(C%11%10)C7C89)CCC6N4C4C(C6CCCCC6)CCCC4C4CCCCC4)C4CC(C6CCC7CCCC8C9CCCC%10CCCC(C%109)C6C78)CCC4N(C4C(C6CCCCC6)CCCC4C4CCCCC4)C5C3)CC2)CC1. The number of rotatable bonds is 13. The quantitative estimate of drug-likeness (QED) is 0.170. The van der Waals surface area contributed by atoms with Crippen LogP contribution in [0.1, 0.15) is 475 Å². The Kier molecular flexibility index (Phi) is 25.1. The molecule has 25 fully saturated rings. The fraction of sp³-hybridized carbons (Fsp3) is 1.00. The maximum atomic E-state index is 4.12. The molecule has 682 valence electrons. The molecule has 0 bridgehead atoms. The van der Waals surface area contributed by atoms with Crippen molar-refractivity contribution in [1.82, 2.24) is 14.7 Å². The second kappa shape index (κ2) is 36.6. The number of hydrogen-bond acceptors (Lipinski definition) is 3. The molecule has 0 radical (unpaired) electrons. The lowest BCUT2D eigenvalue weighted by molar-refractivity contribution is -0.170. The number of fused-ring (bicyclic) bond motifs is 8. The van der Waals surface area contributed by atoms with Crippen molar-refractivity contribution in [1.29, 1.82) is 0 Å². The van der Waals surface area contributed by atoms with Crippen LogP contribution >= 0.6 is 0 Å². The Morgan fingerprint density at radius 2 is 0.418 bits per heavy atom. The Morgan fingerprint density at radius 3 is 0.762 bits per heavy atom. The second-order valence-corrected chi connectivity index (χ2v) is 53.9. The van der Waals surface area contributed by atoms with Crippen molar-refractivity contribution < 1.29 is 0 Å². The molecule has 0 amide bonds. The van der Waals surface area contributed by atoms with Gasteiger partial charge in [-0.05, 0) is 387 Å². The molecule has 2 aliphatic heterocycles. The Hall–Kier alpha value is -0.0551. The first-order valence-electron chi connectivity index (χ1n) is 59.9. The summed E-state index contributed by atoms with van der Waals surface area (Å²) >= 11 is 0. The van der Waals surface area contributed by atoms with E-state index in [1.807, 2.05) is 0 Å². The molecule has 30 unspecified atom stereocenters. The molecular formula is C118H192BN3. The zero-order valence-corrected chi connectivity index (χ0v) is 79.6. The molecule has 0 N–H and O–H groups in total. The summed E-state index contributed by atoms with van der Waals surface area (Å²) in [7, 11) is 0. The summed E-state index contributed by atoms with van der Waals surface area (Å²) in [6.45, 7) is 0.998. The first-order chi connectivity index (χ1) is 60.6. The Morgan fingerprint density at radius 1 is 0.156 bits per heavy atom. The zero-order valence-electron chi connectivity index (χ0n) is 79.6. The molecule has 122 heavy (non-hydrogen) atoms. The normalized spacial score (nSPS) is 52.3. The van der Waals surface area contributed by atoms with Gasteiger partial charge < -0.3 is 0 Å². The molecule has 4 heteroatoms. The molecule has 25 aliphatic rings. The van der Waals surface area contributed by atoms with Gasteiger partial charge in [-0.25, -0.2) is 0 Å². The average molecular weight is 1660 g/mol. The van der Waals surface area contributed by atoms with E-state index in [0.717, 1.165) is 268 Å². The highest BCUT2D eigenvalue weighted by molar-refractivity contribution is 6.65. The van der Waals surface area contributed by atoms with Crippen LogP contribution in [0.5, 0.6) is 0 Å². The van der Waals surface area contributed by atoms with Crippen molar-refractivity contribution in [2.45, 2.75) is 547 Å². The Balaban J connectivity index is 0.676. The van der Waals surface area contributed by atoms with Gasteiger partial charge in [0, 0.05) is 54.4 Å². The van der Waals surface area contributed by atoms with Gasteiger partial charge in [-0.1, -0.05) is 295 Å². The monoisotopic (exact) mass is 1660 g/mol. The molecule has 23 aliphatic carbocycles. The molecule has 0 aromatic carbocycles. The molecule has 0 aromatic heterocycles. The van der Waals surface area contributed by atoms with Crippen LogP contribution in [-0.2, 0) is 0 Å². The minimum absolute atomic E-state index is 0.801. The molecule has 23 saturated carbocycles. The number of nitrogens with zero attached hydrogens (tertiary/aromatic N) is 3. The van der Waals surface area contributed by atoms with Crippen LogP contribution in [0.2, 0.25) is 17.5 Å². The first-order valence-corrected chi connectivity index (χ1v) is 59.9. The molecule has 30 atom stereocenters. The van der Waals surface area contributed by atoms with Crippen molar-refractivity contribution in [2.24, 2.45) is 189 Å². The summed E-state index contributed by atoms with van der Waals surface area (Å²) in [5.74, 6) is 37.0. The van der Waals surface area contributed by atoms with Crippen LogP contribution in [0.3, 0.4) is 0 Å². The fourth-order valence-corrected chi connectivity index (χ4v) is 47.1. The molecule has 0 spiro atoms. The van der Waals surface area contributed by atoms with E-state index >= 15 is 0 Å². The van der Waals surface area contributed by atoms with Gasteiger partial charge >= 0.3 is 0 Å². The molecule has 25 rings (SSSR count). The standard InChI is InChI=1S/C118H192BN3/c1-7-27-75(28-8-1)77-55-63-89(64-56-77)120(90-65-57-78(58-66-90)76-29-9-2-10-30-76)91-73-108-116-109(74-91)122(118-96(81-35-15-5-16-36-81)47-26-48-97(118)82-37-17-6-18-38-82)107-70-62-88(93-68-60-86-44-22-52-101-99-50-20-40-84-42-24-54-103(111(84)99)115(93)113(86)101)72-105(107)119(116)104-71-87(92-67-59-85-43-21-51-100-98-49-19-39-83-41-23-53-102(110(83)98)114(92)112(85)100)61-69-106(104)121(108)117-94(79-31-11-3-12-32-79)45-25-46-95(117)80-33-13-4-14-34-80/h75-118H,1-74H2. The van der Waals surface area contributed by atoms with Crippen molar-refractivity contribution in [3.63, 3.8) is 0 Å². The maximum absolute atomic E-state index is 4.12. The second-order valence-electron chi connectivity index (χ2n) is 53.9. The van der Waals surface area contributed by atoms with E-state index in [4.69, 9.17) is 0 Å². The lowest BCUT2D eigenvalue weighted by atomic mass is 9.17. The predicted octanol–water partition coefficient (Wildman–Crippen LogP) is 31.7. The lowest BCUT2D eigenvalue weighted by Gasteiger charge is -2.73. The van der Waals surface area contributed by atoms with E-state index in [2.05, 4.69) is 14.7 Å². The van der Waals surface area contributed by atoms with Crippen LogP contribution in [0, 0.1) is 189 Å². The Bertz CT molecular complexity index is 3090. The largest absolute Gasteiger partial charge is 0.295 e. The Labute approximate surface area is 752 Å². The number of hydrogen-bond donors (Lipinski definition) is 0. The van der Waals surface area contributed by atoms with Crippen molar-refractivity contribution in [2.75, 3.05) is 0 Å². The highest BCUT2D eigenvalue weighted by atomic mass is 15.3. The molecule has 2 heterocycles. The van der Waals surface area contributed by atoms with Gasteiger partial charge in [-0.3, -0.25) is 14.7 Å². The van der Waals surface area contributed by atoms with E-state index in [1.165, 1.54) is 12.8 Å². The van der Waals surface area contributed by atoms with E-state index in [1.54, 1.807) is 462 Å². The average Bonchev–Trinajstić information content (AvgIpc) is 0.689. The summed E-state index contributed by atoms with van der Waals surface area (Å²) < 4.78 is 0. The summed E-state index contributed by atoms with van der Waals surface area (Å²) in [4.78, 5) is 12.1. The van der Waals surface area contributed by atoms with Gasteiger partial charge in [0.15, 0.2) is 6.71 Å². The van der Waals surface area contributed by atoms with E-state index in [9.17, 15) is 0 Å². The highest BCUT2D eigenvalue weighted by Crippen LogP contribution is 2.74. The maximum Gasteiger partial charge on any atom is 0.156 e. The van der Waals surface area contributed by atoms with Gasteiger partial charge in [0.1, 0.15) is 0 Å². The van der Waals surface area contributed by atoms with Gasteiger partial charge in [-0.2, -0.15) is 0 Å². The third kappa shape index (κ3) is 15.0. The van der Waals surface area contributed by atoms with Crippen LogP contribution in [0.25, 0.3) is 0 Å². The third-order valence-corrected chi connectivity index (χ3v) is 50.4. The molecule has 2 saturated heterocycles. The van der Waals surface area contributed by atoms with Crippen LogP contribution in [-0.4, -0.2) is 75.8 Å². The van der Waals surface area contributed by atoms with Crippen LogP contribution in [0.4, 0.5) is 0 Å².